The number of carbonyl (C=O) groups excluding carboxylic acids is 2. The summed E-state index contributed by atoms with van der Waals surface area (Å²) >= 11 is 0. The molecule has 4 N–H and O–H groups in total. The number of aliphatic carboxylic acids is 1. The van der Waals surface area contributed by atoms with E-state index in [1.165, 1.54) is 0 Å². The van der Waals surface area contributed by atoms with E-state index in [2.05, 4.69) is 16.0 Å². The fraction of sp³-hybridized carbons (Fsp3) is 0.750. The van der Waals surface area contributed by atoms with Crippen molar-refractivity contribution in [1.82, 2.24) is 16.0 Å². The molecule has 0 aliphatic carbocycles. The summed E-state index contributed by atoms with van der Waals surface area (Å²) in [5.74, 6) is -1.46. The van der Waals surface area contributed by atoms with Crippen LogP contribution < -0.4 is 16.0 Å². The number of amides is 3. The number of hydrogen-bond donors (Lipinski definition) is 4. The van der Waals surface area contributed by atoms with Gasteiger partial charge in [-0.1, -0.05) is 13.8 Å². The molecule has 0 saturated carbocycles. The van der Waals surface area contributed by atoms with E-state index in [4.69, 9.17) is 5.11 Å². The van der Waals surface area contributed by atoms with E-state index < -0.39 is 11.9 Å². The van der Waals surface area contributed by atoms with Crippen molar-refractivity contribution in [2.24, 2.45) is 5.92 Å². The number of urea groups is 1. The molecule has 0 aliphatic heterocycles. The average Bonchev–Trinajstić information content (AvgIpc) is 2.36. The second kappa shape index (κ2) is 10.2. The SMILES string of the molecule is CCCNC(=O)CCNC(=O)NCCC(C)C(=O)O. The number of hydrogen-bond acceptors (Lipinski definition) is 3. The largest absolute Gasteiger partial charge is 0.481 e. The summed E-state index contributed by atoms with van der Waals surface area (Å²) in [6.45, 7) is 4.74. The number of carboxylic acids is 1. The van der Waals surface area contributed by atoms with Crippen molar-refractivity contribution in [3.05, 3.63) is 0 Å². The summed E-state index contributed by atoms with van der Waals surface area (Å²) in [6.07, 6.45) is 1.49. The van der Waals surface area contributed by atoms with E-state index in [-0.39, 0.29) is 24.9 Å². The Kier molecular flexibility index (Phi) is 9.20. The van der Waals surface area contributed by atoms with E-state index in [1.54, 1.807) is 6.92 Å². The van der Waals surface area contributed by atoms with Gasteiger partial charge in [0.05, 0.1) is 5.92 Å². The lowest BCUT2D eigenvalue weighted by atomic mass is 10.1. The number of carbonyl (C=O) groups is 3. The lowest BCUT2D eigenvalue weighted by Gasteiger charge is -2.09. The highest BCUT2D eigenvalue weighted by molar-refractivity contribution is 5.78. The third-order valence-electron chi connectivity index (χ3n) is 2.49. The monoisotopic (exact) mass is 273 g/mol. The molecule has 7 nitrogen and oxygen atoms in total. The van der Waals surface area contributed by atoms with Crippen molar-refractivity contribution >= 4 is 17.9 Å². The average molecular weight is 273 g/mol. The zero-order chi connectivity index (χ0) is 14.7. The Morgan fingerprint density at radius 2 is 1.68 bits per heavy atom. The second-order valence-electron chi connectivity index (χ2n) is 4.31. The van der Waals surface area contributed by atoms with Gasteiger partial charge in [-0.2, -0.15) is 0 Å². The number of rotatable bonds is 9. The van der Waals surface area contributed by atoms with Gasteiger partial charge in [0, 0.05) is 26.1 Å². The summed E-state index contributed by atoms with van der Waals surface area (Å²) in [5.41, 5.74) is 0. The van der Waals surface area contributed by atoms with Crippen molar-refractivity contribution < 1.29 is 19.5 Å². The molecule has 110 valence electrons. The Labute approximate surface area is 113 Å². The third-order valence-corrected chi connectivity index (χ3v) is 2.49. The molecular formula is C12H23N3O4. The first-order valence-electron chi connectivity index (χ1n) is 6.48. The van der Waals surface area contributed by atoms with Gasteiger partial charge in [0.2, 0.25) is 5.91 Å². The standard InChI is InChI=1S/C12H23N3O4/c1-3-6-13-10(16)5-8-15-12(19)14-7-4-9(2)11(17)18/h9H,3-8H2,1-2H3,(H,13,16)(H,17,18)(H2,14,15,19). The fourth-order valence-electron chi connectivity index (χ4n) is 1.23. The van der Waals surface area contributed by atoms with Crippen LogP contribution in [0.1, 0.15) is 33.1 Å². The Balaban J connectivity index is 3.54. The predicted octanol–water partition coefficient (Wildman–Crippen LogP) is 0.313. The predicted molar refractivity (Wildman–Crippen MR) is 70.7 cm³/mol. The lowest BCUT2D eigenvalue weighted by Crippen LogP contribution is -2.38. The first kappa shape index (κ1) is 17.2. The molecule has 7 heteroatoms. The van der Waals surface area contributed by atoms with Crippen LogP contribution >= 0.6 is 0 Å². The molecule has 0 bridgehead atoms. The maximum atomic E-state index is 11.3. The lowest BCUT2D eigenvalue weighted by molar-refractivity contribution is -0.141. The molecular weight excluding hydrogens is 250 g/mol. The van der Waals surface area contributed by atoms with Crippen LogP contribution in [0.25, 0.3) is 0 Å². The van der Waals surface area contributed by atoms with Crippen LogP contribution in [0.5, 0.6) is 0 Å². The summed E-state index contributed by atoms with van der Waals surface area (Å²) in [7, 11) is 0. The van der Waals surface area contributed by atoms with Gasteiger partial charge in [0.25, 0.3) is 0 Å². The van der Waals surface area contributed by atoms with Gasteiger partial charge in [-0.25, -0.2) is 4.79 Å². The molecule has 19 heavy (non-hydrogen) atoms. The second-order valence-corrected chi connectivity index (χ2v) is 4.31. The summed E-state index contributed by atoms with van der Waals surface area (Å²) in [6, 6.07) is -0.388. The summed E-state index contributed by atoms with van der Waals surface area (Å²) in [5, 5.41) is 16.4. The maximum Gasteiger partial charge on any atom is 0.314 e. The van der Waals surface area contributed by atoms with Gasteiger partial charge in [0.15, 0.2) is 0 Å². The summed E-state index contributed by atoms with van der Waals surface area (Å²) in [4.78, 5) is 33.0. The molecule has 0 rings (SSSR count). The van der Waals surface area contributed by atoms with E-state index in [0.717, 1.165) is 6.42 Å². The smallest absolute Gasteiger partial charge is 0.314 e. The Hall–Kier alpha value is -1.79. The zero-order valence-electron chi connectivity index (χ0n) is 11.5. The quantitative estimate of drug-likeness (QED) is 0.485. The van der Waals surface area contributed by atoms with Gasteiger partial charge in [-0.3, -0.25) is 9.59 Å². The first-order valence-corrected chi connectivity index (χ1v) is 6.48. The Morgan fingerprint density at radius 3 is 2.26 bits per heavy atom. The molecule has 1 atom stereocenters. The minimum absolute atomic E-state index is 0.0957. The van der Waals surface area contributed by atoms with Crippen molar-refractivity contribution in [2.45, 2.75) is 33.1 Å². The van der Waals surface area contributed by atoms with Crippen molar-refractivity contribution in [3.8, 4) is 0 Å². The molecule has 0 aromatic carbocycles. The maximum absolute atomic E-state index is 11.3. The Morgan fingerprint density at radius 1 is 1.05 bits per heavy atom. The molecule has 0 spiro atoms. The van der Waals surface area contributed by atoms with Crippen LogP contribution in [0.15, 0.2) is 0 Å². The van der Waals surface area contributed by atoms with Gasteiger partial charge >= 0.3 is 12.0 Å². The molecule has 0 fully saturated rings. The van der Waals surface area contributed by atoms with Crippen LogP contribution in [0.4, 0.5) is 4.79 Å². The number of carboxylic acid groups (broad SMARTS) is 1. The van der Waals surface area contributed by atoms with E-state index in [1.807, 2.05) is 6.92 Å². The van der Waals surface area contributed by atoms with Crippen molar-refractivity contribution in [3.63, 3.8) is 0 Å². The van der Waals surface area contributed by atoms with E-state index >= 15 is 0 Å². The highest BCUT2D eigenvalue weighted by atomic mass is 16.4. The Bertz CT molecular complexity index is 307. The van der Waals surface area contributed by atoms with Gasteiger partial charge in [-0.05, 0) is 12.8 Å². The highest BCUT2D eigenvalue weighted by Gasteiger charge is 2.10. The molecule has 0 aromatic heterocycles. The van der Waals surface area contributed by atoms with Crippen LogP contribution in [0, 0.1) is 5.92 Å². The van der Waals surface area contributed by atoms with E-state index in [9.17, 15) is 14.4 Å². The van der Waals surface area contributed by atoms with Crippen LogP contribution in [0.3, 0.4) is 0 Å². The van der Waals surface area contributed by atoms with Gasteiger partial charge < -0.3 is 21.1 Å². The third kappa shape index (κ3) is 9.87. The molecule has 0 aliphatic rings. The minimum Gasteiger partial charge on any atom is -0.481 e. The van der Waals surface area contributed by atoms with Crippen LogP contribution in [-0.2, 0) is 9.59 Å². The molecule has 0 saturated heterocycles. The fourth-order valence-corrected chi connectivity index (χ4v) is 1.23. The normalized spacial score (nSPS) is 11.5. The van der Waals surface area contributed by atoms with E-state index in [0.29, 0.717) is 19.5 Å². The molecule has 1 unspecified atom stereocenters. The zero-order valence-corrected chi connectivity index (χ0v) is 11.5. The molecule has 0 aromatic rings. The number of nitrogens with one attached hydrogen (secondary N) is 3. The van der Waals surface area contributed by atoms with Gasteiger partial charge in [0.1, 0.15) is 0 Å². The van der Waals surface area contributed by atoms with Gasteiger partial charge in [-0.15, -0.1) is 0 Å². The minimum atomic E-state index is -0.880. The van der Waals surface area contributed by atoms with Crippen molar-refractivity contribution in [2.75, 3.05) is 19.6 Å². The molecule has 0 heterocycles. The van der Waals surface area contributed by atoms with Crippen LogP contribution in [0.2, 0.25) is 0 Å². The first-order chi connectivity index (χ1) is 8.97. The van der Waals surface area contributed by atoms with Crippen LogP contribution in [-0.4, -0.2) is 42.6 Å². The molecule has 0 radical (unpaired) electrons. The highest BCUT2D eigenvalue weighted by Crippen LogP contribution is 1.99. The topological polar surface area (TPSA) is 108 Å². The molecule has 3 amide bonds. The van der Waals surface area contributed by atoms with Crippen molar-refractivity contribution in [1.29, 1.82) is 0 Å². The summed E-state index contributed by atoms with van der Waals surface area (Å²) < 4.78 is 0.